The summed E-state index contributed by atoms with van der Waals surface area (Å²) in [5.74, 6) is 1.39. The second kappa shape index (κ2) is 7.58. The van der Waals surface area contributed by atoms with Crippen molar-refractivity contribution in [3.8, 4) is 11.5 Å². The Hall–Kier alpha value is -3.20. The fraction of sp³-hybridized carbons (Fsp3) is 0.167. The predicted octanol–water partition coefficient (Wildman–Crippen LogP) is 5.94. The van der Waals surface area contributed by atoms with Gasteiger partial charge in [0.2, 0.25) is 0 Å². The van der Waals surface area contributed by atoms with Crippen LogP contribution in [0.1, 0.15) is 47.1 Å². The zero-order valence-electron chi connectivity index (χ0n) is 15.7. The largest absolute Gasteiger partial charge is 0.457 e. The van der Waals surface area contributed by atoms with E-state index in [9.17, 15) is 9.59 Å². The molecule has 0 radical (unpaired) electrons. The lowest BCUT2D eigenvalue weighted by atomic mass is 9.86. The summed E-state index contributed by atoms with van der Waals surface area (Å²) in [4.78, 5) is 25.0. The Labute approximate surface area is 159 Å². The summed E-state index contributed by atoms with van der Waals surface area (Å²) in [6.45, 7) is 5.65. The smallest absolute Gasteiger partial charge is 0.193 e. The number of rotatable bonds is 5. The Morgan fingerprint density at radius 3 is 1.59 bits per heavy atom. The van der Waals surface area contributed by atoms with Crippen molar-refractivity contribution >= 4 is 11.6 Å². The minimum absolute atomic E-state index is 0.0592. The van der Waals surface area contributed by atoms with Gasteiger partial charge in [0.15, 0.2) is 11.6 Å². The zero-order valence-corrected chi connectivity index (χ0v) is 15.7. The van der Waals surface area contributed by atoms with E-state index in [1.807, 2.05) is 51.1 Å². The average Bonchev–Trinajstić information content (AvgIpc) is 2.68. The second-order valence-electron chi connectivity index (χ2n) is 7.43. The van der Waals surface area contributed by atoms with E-state index in [0.717, 1.165) is 5.75 Å². The molecule has 0 aliphatic heterocycles. The van der Waals surface area contributed by atoms with Crippen molar-refractivity contribution in [1.29, 1.82) is 0 Å². The first kappa shape index (κ1) is 18.6. The van der Waals surface area contributed by atoms with Gasteiger partial charge in [0.1, 0.15) is 11.5 Å². The van der Waals surface area contributed by atoms with E-state index < -0.39 is 5.41 Å². The van der Waals surface area contributed by atoms with Crippen LogP contribution >= 0.6 is 0 Å². The third kappa shape index (κ3) is 4.50. The van der Waals surface area contributed by atoms with Gasteiger partial charge in [-0.15, -0.1) is 0 Å². The molecule has 0 fully saturated rings. The zero-order chi connectivity index (χ0) is 19.4. The molecule has 0 unspecified atom stereocenters. The van der Waals surface area contributed by atoms with Gasteiger partial charge in [-0.2, -0.15) is 0 Å². The molecule has 3 rings (SSSR count). The van der Waals surface area contributed by atoms with Gasteiger partial charge in [0.25, 0.3) is 0 Å². The summed E-state index contributed by atoms with van der Waals surface area (Å²) in [7, 11) is 0. The van der Waals surface area contributed by atoms with Crippen LogP contribution in [-0.4, -0.2) is 11.6 Å². The van der Waals surface area contributed by atoms with Crippen LogP contribution in [0.25, 0.3) is 0 Å². The Kier molecular flexibility index (Phi) is 5.22. The molecule has 0 spiro atoms. The third-order valence-corrected chi connectivity index (χ3v) is 4.19. The van der Waals surface area contributed by atoms with E-state index in [1.54, 1.807) is 48.5 Å². The first-order valence-electron chi connectivity index (χ1n) is 8.87. The SMILES string of the molecule is CC(C)(C)C(=O)c1ccc(C(=O)c2ccc(Oc3ccccc3)cc2)cc1. The van der Waals surface area contributed by atoms with Gasteiger partial charge in [-0.3, -0.25) is 9.59 Å². The summed E-state index contributed by atoms with van der Waals surface area (Å²) in [6, 6.07) is 23.4. The second-order valence-corrected chi connectivity index (χ2v) is 7.43. The molecule has 3 nitrogen and oxygen atoms in total. The van der Waals surface area contributed by atoms with Gasteiger partial charge in [-0.05, 0) is 36.4 Å². The fourth-order valence-corrected chi connectivity index (χ4v) is 2.67. The van der Waals surface area contributed by atoms with Crippen molar-refractivity contribution in [2.75, 3.05) is 0 Å². The third-order valence-electron chi connectivity index (χ3n) is 4.19. The van der Waals surface area contributed by atoms with Crippen LogP contribution in [-0.2, 0) is 0 Å². The Morgan fingerprint density at radius 2 is 1.07 bits per heavy atom. The van der Waals surface area contributed by atoms with Gasteiger partial charge in [-0.25, -0.2) is 0 Å². The van der Waals surface area contributed by atoms with Gasteiger partial charge in [0.05, 0.1) is 0 Å². The molecule has 0 bridgehead atoms. The molecule has 27 heavy (non-hydrogen) atoms. The van der Waals surface area contributed by atoms with E-state index in [2.05, 4.69) is 0 Å². The summed E-state index contributed by atoms with van der Waals surface area (Å²) in [5, 5.41) is 0. The van der Waals surface area contributed by atoms with E-state index in [0.29, 0.717) is 22.4 Å². The topological polar surface area (TPSA) is 43.4 Å². The first-order valence-corrected chi connectivity index (χ1v) is 8.87. The number of ketones is 2. The lowest BCUT2D eigenvalue weighted by Gasteiger charge is -2.16. The number of para-hydroxylation sites is 1. The van der Waals surface area contributed by atoms with E-state index in [1.165, 1.54) is 0 Å². The minimum atomic E-state index is -0.444. The van der Waals surface area contributed by atoms with Gasteiger partial charge >= 0.3 is 0 Å². The molecular formula is C24H22O3. The standard InChI is InChI=1S/C24H22O3/c1-24(2,3)23(26)19-11-9-17(10-12-19)22(25)18-13-15-21(16-14-18)27-20-7-5-4-6-8-20/h4-16H,1-3H3. The summed E-state index contributed by atoms with van der Waals surface area (Å²) in [6.07, 6.45) is 0. The minimum Gasteiger partial charge on any atom is -0.457 e. The van der Waals surface area contributed by atoms with Gasteiger partial charge in [0, 0.05) is 22.1 Å². The molecular weight excluding hydrogens is 336 g/mol. The van der Waals surface area contributed by atoms with Crippen molar-refractivity contribution in [1.82, 2.24) is 0 Å². The fourth-order valence-electron chi connectivity index (χ4n) is 2.67. The quantitative estimate of drug-likeness (QED) is 0.530. The van der Waals surface area contributed by atoms with Crippen molar-refractivity contribution in [3.05, 3.63) is 95.6 Å². The lowest BCUT2D eigenvalue weighted by molar-refractivity contribution is 0.0857. The number of benzene rings is 3. The molecule has 0 amide bonds. The highest BCUT2D eigenvalue weighted by atomic mass is 16.5. The summed E-state index contributed by atoms with van der Waals surface area (Å²) < 4.78 is 5.74. The predicted molar refractivity (Wildman–Crippen MR) is 107 cm³/mol. The Bertz CT molecular complexity index is 932. The van der Waals surface area contributed by atoms with E-state index in [4.69, 9.17) is 4.74 Å². The normalized spacial score (nSPS) is 11.1. The Balaban J connectivity index is 1.73. The van der Waals surface area contributed by atoms with Gasteiger partial charge < -0.3 is 4.74 Å². The molecule has 136 valence electrons. The highest BCUT2D eigenvalue weighted by molar-refractivity contribution is 6.09. The number of carbonyl (C=O) groups is 2. The van der Waals surface area contributed by atoms with Crippen LogP contribution in [0.15, 0.2) is 78.9 Å². The van der Waals surface area contributed by atoms with Crippen molar-refractivity contribution in [2.24, 2.45) is 5.41 Å². The highest BCUT2D eigenvalue weighted by Gasteiger charge is 2.23. The monoisotopic (exact) mass is 358 g/mol. The molecule has 0 heterocycles. The van der Waals surface area contributed by atoms with E-state index >= 15 is 0 Å². The van der Waals surface area contributed by atoms with Crippen LogP contribution in [0.3, 0.4) is 0 Å². The highest BCUT2D eigenvalue weighted by Crippen LogP contribution is 2.23. The molecule has 0 N–H and O–H groups in total. The molecule has 3 heteroatoms. The summed E-state index contributed by atoms with van der Waals surface area (Å²) in [5.41, 5.74) is 1.30. The molecule has 0 atom stereocenters. The summed E-state index contributed by atoms with van der Waals surface area (Å²) >= 11 is 0. The molecule has 3 aromatic rings. The molecule has 3 aromatic carbocycles. The number of ether oxygens (including phenoxy) is 1. The van der Waals surface area contributed by atoms with Crippen LogP contribution in [0.5, 0.6) is 11.5 Å². The van der Waals surface area contributed by atoms with Crippen LogP contribution in [0.4, 0.5) is 0 Å². The molecule has 0 aromatic heterocycles. The number of Topliss-reactive ketones (excluding diaryl/α,β-unsaturated/α-hetero) is 1. The van der Waals surface area contributed by atoms with Crippen molar-refractivity contribution < 1.29 is 14.3 Å². The number of carbonyl (C=O) groups excluding carboxylic acids is 2. The van der Waals surface area contributed by atoms with Gasteiger partial charge in [-0.1, -0.05) is 63.2 Å². The maximum Gasteiger partial charge on any atom is 0.193 e. The number of hydrogen-bond donors (Lipinski definition) is 0. The molecule has 0 saturated carbocycles. The number of hydrogen-bond acceptors (Lipinski definition) is 3. The van der Waals surface area contributed by atoms with Crippen LogP contribution in [0, 0.1) is 5.41 Å². The molecule has 0 aliphatic rings. The van der Waals surface area contributed by atoms with E-state index in [-0.39, 0.29) is 11.6 Å². The van der Waals surface area contributed by atoms with Crippen LogP contribution in [0.2, 0.25) is 0 Å². The van der Waals surface area contributed by atoms with Crippen LogP contribution < -0.4 is 4.74 Å². The maximum absolute atomic E-state index is 12.7. The molecule has 0 aliphatic carbocycles. The Morgan fingerprint density at radius 1 is 0.630 bits per heavy atom. The molecule has 0 saturated heterocycles. The van der Waals surface area contributed by atoms with Crippen molar-refractivity contribution in [2.45, 2.75) is 20.8 Å². The van der Waals surface area contributed by atoms with Crippen molar-refractivity contribution in [3.63, 3.8) is 0 Å². The lowest BCUT2D eigenvalue weighted by Crippen LogP contribution is -2.20. The maximum atomic E-state index is 12.7. The average molecular weight is 358 g/mol. The first-order chi connectivity index (χ1) is 12.8.